The summed E-state index contributed by atoms with van der Waals surface area (Å²) in [5, 5.41) is 0. The van der Waals surface area contributed by atoms with E-state index in [4.69, 9.17) is 0 Å². The van der Waals surface area contributed by atoms with Gasteiger partial charge in [0.05, 0.1) is 0 Å². The van der Waals surface area contributed by atoms with Gasteiger partial charge in [-0.2, -0.15) is 0 Å². The molecule has 2 aliphatic rings. The van der Waals surface area contributed by atoms with E-state index in [0.29, 0.717) is 5.92 Å². The Morgan fingerprint density at radius 1 is 1.06 bits per heavy atom. The van der Waals surface area contributed by atoms with Crippen LogP contribution in [-0.4, -0.2) is 18.5 Å². The topological polar surface area (TPSA) is 3.24 Å². The molecule has 0 amide bonds. The highest BCUT2D eigenvalue weighted by molar-refractivity contribution is 5.39. The lowest BCUT2D eigenvalue weighted by atomic mass is 9.96. The number of fused-ring (bicyclic) bond motifs is 1. The molecule has 1 saturated carbocycles. The van der Waals surface area contributed by atoms with Crippen LogP contribution in [0.3, 0.4) is 0 Å². The van der Waals surface area contributed by atoms with Crippen LogP contribution in [0.25, 0.3) is 0 Å². The van der Waals surface area contributed by atoms with Crippen molar-refractivity contribution in [2.45, 2.75) is 25.2 Å². The Kier molecular flexibility index (Phi) is 2.76. The fourth-order valence-corrected chi connectivity index (χ4v) is 2.95. The second-order valence-electron chi connectivity index (χ2n) is 5.16. The first-order chi connectivity index (χ1) is 8.33. The van der Waals surface area contributed by atoms with Crippen LogP contribution in [0.4, 0.5) is 0 Å². The maximum atomic E-state index is 2.50. The van der Waals surface area contributed by atoms with Gasteiger partial charge in [-0.15, -0.1) is 0 Å². The van der Waals surface area contributed by atoms with Gasteiger partial charge in [0.25, 0.3) is 0 Å². The Morgan fingerprint density at radius 3 is 2.65 bits per heavy atom. The average Bonchev–Trinajstić information content (AvgIpc) is 2.70. The summed E-state index contributed by atoms with van der Waals surface area (Å²) < 4.78 is 0. The molecule has 1 aliphatic heterocycles. The van der Waals surface area contributed by atoms with Gasteiger partial charge in [-0.25, -0.2) is 0 Å². The van der Waals surface area contributed by atoms with Crippen LogP contribution in [0.15, 0.2) is 53.8 Å². The molecule has 0 aromatic heterocycles. The molecule has 17 heavy (non-hydrogen) atoms. The molecule has 1 atom stereocenters. The van der Waals surface area contributed by atoms with Crippen molar-refractivity contribution >= 4 is 0 Å². The monoisotopic (exact) mass is 225 g/mol. The van der Waals surface area contributed by atoms with Crippen molar-refractivity contribution in [2.24, 2.45) is 0 Å². The summed E-state index contributed by atoms with van der Waals surface area (Å²) in [6.07, 6.45) is 8.70. The second kappa shape index (κ2) is 4.40. The van der Waals surface area contributed by atoms with Crippen molar-refractivity contribution in [1.29, 1.82) is 0 Å². The molecule has 1 heteroatoms. The minimum absolute atomic E-state index is 0.544. The molecule has 1 aliphatic carbocycles. The standard InChI is InChI=1S/C16H19N/c1-17-11-15-9-5-8-14(15)10-16(12-17)13-6-3-2-4-7-13/h2-4,6-7,10-11,16H,5,8-9,12H2,1H3. The molecule has 0 radical (unpaired) electrons. The zero-order valence-electron chi connectivity index (χ0n) is 10.4. The summed E-state index contributed by atoms with van der Waals surface area (Å²) in [5.74, 6) is 0.544. The maximum Gasteiger partial charge on any atom is 0.0273 e. The maximum absolute atomic E-state index is 2.50. The molecule has 1 aromatic rings. The fraction of sp³-hybridized carbons (Fsp3) is 0.375. The Morgan fingerprint density at radius 2 is 1.82 bits per heavy atom. The summed E-state index contributed by atoms with van der Waals surface area (Å²) in [7, 11) is 2.19. The van der Waals surface area contributed by atoms with E-state index < -0.39 is 0 Å². The molecule has 0 bridgehead atoms. The fourth-order valence-electron chi connectivity index (χ4n) is 2.95. The molecule has 0 spiro atoms. The van der Waals surface area contributed by atoms with E-state index in [1.165, 1.54) is 24.8 Å². The molecular weight excluding hydrogens is 206 g/mol. The normalized spacial score (nSPS) is 23.8. The van der Waals surface area contributed by atoms with Gasteiger partial charge in [0.1, 0.15) is 0 Å². The summed E-state index contributed by atoms with van der Waals surface area (Å²) in [6.45, 7) is 1.09. The third kappa shape index (κ3) is 2.14. The minimum Gasteiger partial charge on any atom is -0.379 e. The lowest BCUT2D eigenvalue weighted by molar-refractivity contribution is 0.439. The number of benzene rings is 1. The van der Waals surface area contributed by atoms with Crippen LogP contribution < -0.4 is 0 Å². The second-order valence-corrected chi connectivity index (χ2v) is 5.16. The van der Waals surface area contributed by atoms with Crippen LogP contribution in [-0.2, 0) is 0 Å². The third-order valence-corrected chi connectivity index (χ3v) is 3.80. The third-order valence-electron chi connectivity index (χ3n) is 3.80. The quantitative estimate of drug-likeness (QED) is 0.704. The summed E-state index contributed by atoms with van der Waals surface area (Å²) >= 11 is 0. The molecule has 1 heterocycles. The van der Waals surface area contributed by atoms with Gasteiger partial charge in [0.2, 0.25) is 0 Å². The van der Waals surface area contributed by atoms with Gasteiger partial charge < -0.3 is 4.90 Å². The largest absolute Gasteiger partial charge is 0.379 e. The average molecular weight is 225 g/mol. The molecule has 1 unspecified atom stereocenters. The number of nitrogens with zero attached hydrogens (tertiary/aromatic N) is 1. The van der Waals surface area contributed by atoms with Crippen molar-refractivity contribution in [3.05, 3.63) is 59.3 Å². The van der Waals surface area contributed by atoms with E-state index in [0.717, 1.165) is 6.54 Å². The number of allylic oxidation sites excluding steroid dienone is 2. The zero-order valence-corrected chi connectivity index (χ0v) is 10.4. The molecule has 3 rings (SSSR count). The Bertz CT molecular complexity index is 456. The summed E-state index contributed by atoms with van der Waals surface area (Å²) in [5.41, 5.74) is 4.59. The van der Waals surface area contributed by atoms with Crippen LogP contribution >= 0.6 is 0 Å². The van der Waals surface area contributed by atoms with Crippen LogP contribution in [0.2, 0.25) is 0 Å². The number of hydrogen-bond acceptors (Lipinski definition) is 1. The van der Waals surface area contributed by atoms with Crippen molar-refractivity contribution in [2.75, 3.05) is 13.6 Å². The first-order valence-electron chi connectivity index (χ1n) is 6.50. The van der Waals surface area contributed by atoms with Gasteiger partial charge in [0, 0.05) is 25.7 Å². The molecule has 1 nitrogen and oxygen atoms in total. The zero-order chi connectivity index (χ0) is 11.7. The van der Waals surface area contributed by atoms with E-state index in [1.807, 2.05) is 0 Å². The number of likely N-dealkylation sites (N-methyl/N-ethyl adjacent to an activating group) is 1. The molecule has 88 valence electrons. The Hall–Kier alpha value is -1.50. The predicted molar refractivity (Wildman–Crippen MR) is 71.8 cm³/mol. The van der Waals surface area contributed by atoms with Crippen molar-refractivity contribution in [3.8, 4) is 0 Å². The van der Waals surface area contributed by atoms with Gasteiger partial charge in [-0.1, -0.05) is 36.4 Å². The molecule has 0 N–H and O–H groups in total. The van der Waals surface area contributed by atoms with E-state index >= 15 is 0 Å². The Labute approximate surface area is 103 Å². The van der Waals surface area contributed by atoms with Crippen molar-refractivity contribution in [1.82, 2.24) is 4.90 Å². The highest BCUT2D eigenvalue weighted by Crippen LogP contribution is 2.35. The van der Waals surface area contributed by atoms with Crippen LogP contribution in [0.5, 0.6) is 0 Å². The number of hydrogen-bond donors (Lipinski definition) is 0. The van der Waals surface area contributed by atoms with E-state index in [-0.39, 0.29) is 0 Å². The van der Waals surface area contributed by atoms with Crippen LogP contribution in [0, 0.1) is 0 Å². The molecule has 1 aromatic carbocycles. The van der Waals surface area contributed by atoms with Crippen molar-refractivity contribution < 1.29 is 0 Å². The van der Waals surface area contributed by atoms with E-state index in [2.05, 4.69) is 54.6 Å². The molecule has 0 saturated heterocycles. The number of rotatable bonds is 1. The summed E-state index contributed by atoms with van der Waals surface area (Å²) in [4.78, 5) is 2.35. The smallest absolute Gasteiger partial charge is 0.0273 e. The summed E-state index contributed by atoms with van der Waals surface area (Å²) in [6, 6.07) is 10.9. The lowest BCUT2D eigenvalue weighted by Crippen LogP contribution is -2.17. The molecular formula is C16H19N. The van der Waals surface area contributed by atoms with E-state index in [9.17, 15) is 0 Å². The predicted octanol–water partition coefficient (Wildman–Crippen LogP) is 3.71. The lowest BCUT2D eigenvalue weighted by Gasteiger charge is -2.19. The highest BCUT2D eigenvalue weighted by Gasteiger charge is 2.21. The SMILES string of the molecule is CN1C=C2CCCC2=CC(c2ccccc2)C1. The first-order valence-corrected chi connectivity index (χ1v) is 6.50. The minimum atomic E-state index is 0.544. The van der Waals surface area contributed by atoms with Gasteiger partial charge >= 0.3 is 0 Å². The van der Waals surface area contributed by atoms with E-state index in [1.54, 1.807) is 11.1 Å². The van der Waals surface area contributed by atoms with Crippen LogP contribution in [0.1, 0.15) is 30.7 Å². The first kappa shape index (κ1) is 10.6. The highest BCUT2D eigenvalue weighted by atomic mass is 15.1. The van der Waals surface area contributed by atoms with Gasteiger partial charge in [-0.3, -0.25) is 0 Å². The van der Waals surface area contributed by atoms with Gasteiger partial charge in [0.15, 0.2) is 0 Å². The Balaban J connectivity index is 1.95. The van der Waals surface area contributed by atoms with Gasteiger partial charge in [-0.05, 0) is 36.0 Å². The molecule has 1 fully saturated rings. The van der Waals surface area contributed by atoms with Crippen molar-refractivity contribution in [3.63, 3.8) is 0 Å².